The van der Waals surface area contributed by atoms with Crippen LogP contribution in [0.25, 0.3) is 0 Å². The number of benzene rings is 1. The van der Waals surface area contributed by atoms with Crippen LogP contribution in [0.15, 0.2) is 24.3 Å². The summed E-state index contributed by atoms with van der Waals surface area (Å²) in [5, 5.41) is 3.69. The van der Waals surface area contributed by atoms with Crippen molar-refractivity contribution in [3.05, 3.63) is 35.4 Å². The summed E-state index contributed by atoms with van der Waals surface area (Å²) >= 11 is 0. The molecule has 0 aromatic heterocycles. The molecular weight excluding hydrogens is 206 g/mol. The lowest BCUT2D eigenvalue weighted by atomic mass is 9.97. The Morgan fingerprint density at radius 2 is 1.94 bits per heavy atom. The Kier molecular flexibility index (Phi) is 4.22. The Morgan fingerprint density at radius 1 is 1.24 bits per heavy atom. The first kappa shape index (κ1) is 12.6. The lowest BCUT2D eigenvalue weighted by molar-refractivity contribution is 0.375. The Hall–Kier alpha value is -0.820. The maximum absolute atomic E-state index is 3.69. The normalized spacial score (nSPS) is 26.1. The van der Waals surface area contributed by atoms with Crippen molar-refractivity contribution in [3.63, 3.8) is 0 Å². The maximum atomic E-state index is 3.69. The van der Waals surface area contributed by atoms with Crippen molar-refractivity contribution < 1.29 is 0 Å². The average Bonchev–Trinajstić information content (AvgIpc) is 2.73. The molecule has 3 atom stereocenters. The number of hydrogen-bond acceptors (Lipinski definition) is 1. The third kappa shape index (κ3) is 3.32. The van der Waals surface area contributed by atoms with E-state index in [2.05, 4.69) is 50.4 Å². The minimum Gasteiger partial charge on any atom is -0.310 e. The van der Waals surface area contributed by atoms with Crippen LogP contribution in [0.5, 0.6) is 0 Å². The molecule has 0 aliphatic heterocycles. The van der Waals surface area contributed by atoms with Crippen LogP contribution in [-0.2, 0) is 0 Å². The van der Waals surface area contributed by atoms with E-state index in [-0.39, 0.29) is 0 Å². The van der Waals surface area contributed by atoms with E-state index in [9.17, 15) is 0 Å². The molecule has 0 bridgehead atoms. The van der Waals surface area contributed by atoms with Crippen LogP contribution in [0.3, 0.4) is 0 Å². The molecule has 0 saturated heterocycles. The highest BCUT2D eigenvalue weighted by Gasteiger charge is 2.23. The molecule has 94 valence electrons. The monoisotopic (exact) mass is 231 g/mol. The van der Waals surface area contributed by atoms with Gasteiger partial charge in [-0.05, 0) is 44.2 Å². The van der Waals surface area contributed by atoms with Crippen molar-refractivity contribution in [2.45, 2.75) is 46.1 Å². The Labute approximate surface area is 106 Å². The third-order valence-corrected chi connectivity index (χ3v) is 4.30. The van der Waals surface area contributed by atoms with Gasteiger partial charge in [0.2, 0.25) is 0 Å². The first-order chi connectivity index (χ1) is 8.16. The Morgan fingerprint density at radius 3 is 2.53 bits per heavy atom. The summed E-state index contributed by atoms with van der Waals surface area (Å²) in [6, 6.07) is 9.36. The third-order valence-electron chi connectivity index (χ3n) is 4.30. The van der Waals surface area contributed by atoms with Crippen molar-refractivity contribution in [2.24, 2.45) is 11.8 Å². The zero-order valence-electron chi connectivity index (χ0n) is 11.4. The number of aryl methyl sites for hydroxylation is 1. The van der Waals surface area contributed by atoms with Gasteiger partial charge in [-0.15, -0.1) is 0 Å². The average molecular weight is 231 g/mol. The van der Waals surface area contributed by atoms with Gasteiger partial charge >= 0.3 is 0 Å². The molecular formula is C16H25N. The Balaban J connectivity index is 1.84. The van der Waals surface area contributed by atoms with Gasteiger partial charge in [0.1, 0.15) is 0 Å². The highest BCUT2D eigenvalue weighted by atomic mass is 14.9. The number of hydrogen-bond donors (Lipinski definition) is 1. The molecule has 17 heavy (non-hydrogen) atoms. The lowest BCUT2D eigenvalue weighted by Gasteiger charge is -2.20. The molecule has 3 unspecified atom stereocenters. The summed E-state index contributed by atoms with van der Waals surface area (Å²) in [6.07, 6.45) is 4.26. The van der Waals surface area contributed by atoms with Gasteiger partial charge in [-0.25, -0.2) is 0 Å². The van der Waals surface area contributed by atoms with Crippen LogP contribution in [0.1, 0.15) is 50.3 Å². The zero-order chi connectivity index (χ0) is 12.3. The van der Waals surface area contributed by atoms with Gasteiger partial charge in [0.05, 0.1) is 0 Å². The highest BCUT2D eigenvalue weighted by molar-refractivity contribution is 5.23. The molecule has 1 aliphatic rings. The second-order valence-electron chi connectivity index (χ2n) is 5.71. The molecule has 1 aromatic rings. The van der Waals surface area contributed by atoms with E-state index in [0.29, 0.717) is 6.04 Å². The van der Waals surface area contributed by atoms with Gasteiger partial charge in [-0.1, -0.05) is 49.6 Å². The van der Waals surface area contributed by atoms with E-state index in [1.807, 2.05) is 0 Å². The van der Waals surface area contributed by atoms with Gasteiger partial charge in [-0.3, -0.25) is 0 Å². The molecule has 1 heteroatoms. The summed E-state index contributed by atoms with van der Waals surface area (Å²) in [4.78, 5) is 0. The van der Waals surface area contributed by atoms with E-state index in [1.54, 1.807) is 0 Å². The molecule has 1 N–H and O–H groups in total. The van der Waals surface area contributed by atoms with Crippen LogP contribution in [-0.4, -0.2) is 6.54 Å². The zero-order valence-corrected chi connectivity index (χ0v) is 11.4. The van der Waals surface area contributed by atoms with Crippen molar-refractivity contribution in [1.29, 1.82) is 0 Å². The predicted octanol–water partition coefficient (Wildman–Crippen LogP) is 4.08. The highest BCUT2D eigenvalue weighted by Crippen LogP contribution is 2.30. The van der Waals surface area contributed by atoms with Gasteiger partial charge in [0.15, 0.2) is 0 Å². The van der Waals surface area contributed by atoms with Gasteiger partial charge in [0, 0.05) is 6.04 Å². The standard InChI is InChI=1S/C16H25N/c1-12-7-9-15(10-8-12)14(3)17-11-16-6-4-5-13(16)2/h7-10,13-14,16-17H,4-6,11H2,1-3H3. The quantitative estimate of drug-likeness (QED) is 0.823. The van der Waals surface area contributed by atoms with Gasteiger partial charge in [-0.2, -0.15) is 0 Å². The molecule has 1 aliphatic carbocycles. The van der Waals surface area contributed by atoms with E-state index in [4.69, 9.17) is 0 Å². The molecule has 1 fully saturated rings. The minimum atomic E-state index is 0.475. The van der Waals surface area contributed by atoms with Crippen molar-refractivity contribution in [2.75, 3.05) is 6.54 Å². The van der Waals surface area contributed by atoms with Crippen LogP contribution in [0, 0.1) is 18.8 Å². The molecule has 0 heterocycles. The lowest BCUT2D eigenvalue weighted by Crippen LogP contribution is -2.26. The minimum absolute atomic E-state index is 0.475. The molecule has 0 radical (unpaired) electrons. The van der Waals surface area contributed by atoms with Crippen LogP contribution >= 0.6 is 0 Å². The van der Waals surface area contributed by atoms with Crippen LogP contribution in [0.4, 0.5) is 0 Å². The van der Waals surface area contributed by atoms with Gasteiger partial charge in [0.25, 0.3) is 0 Å². The first-order valence-corrected chi connectivity index (χ1v) is 6.97. The fraction of sp³-hybridized carbons (Fsp3) is 0.625. The molecule has 0 spiro atoms. The maximum Gasteiger partial charge on any atom is 0.0291 e. The summed E-state index contributed by atoms with van der Waals surface area (Å²) in [7, 11) is 0. The molecule has 0 amide bonds. The predicted molar refractivity (Wildman–Crippen MR) is 74.1 cm³/mol. The Bertz CT molecular complexity index is 341. The molecule has 1 nitrogen and oxygen atoms in total. The fourth-order valence-corrected chi connectivity index (χ4v) is 2.83. The summed E-state index contributed by atoms with van der Waals surface area (Å²) in [5.41, 5.74) is 2.74. The van der Waals surface area contributed by atoms with E-state index in [1.165, 1.54) is 36.9 Å². The molecule has 1 saturated carbocycles. The van der Waals surface area contributed by atoms with Crippen LogP contribution < -0.4 is 5.32 Å². The smallest absolute Gasteiger partial charge is 0.0291 e. The van der Waals surface area contributed by atoms with Crippen molar-refractivity contribution in [3.8, 4) is 0 Å². The second kappa shape index (κ2) is 5.68. The summed E-state index contributed by atoms with van der Waals surface area (Å²) in [6.45, 7) is 7.98. The molecule has 2 rings (SSSR count). The van der Waals surface area contributed by atoms with Crippen LogP contribution in [0.2, 0.25) is 0 Å². The van der Waals surface area contributed by atoms with E-state index in [0.717, 1.165) is 11.8 Å². The largest absolute Gasteiger partial charge is 0.310 e. The topological polar surface area (TPSA) is 12.0 Å². The van der Waals surface area contributed by atoms with Gasteiger partial charge < -0.3 is 5.32 Å². The van der Waals surface area contributed by atoms with E-state index < -0.39 is 0 Å². The van der Waals surface area contributed by atoms with E-state index >= 15 is 0 Å². The second-order valence-corrected chi connectivity index (χ2v) is 5.71. The number of nitrogens with one attached hydrogen (secondary N) is 1. The van der Waals surface area contributed by atoms with Crippen molar-refractivity contribution >= 4 is 0 Å². The summed E-state index contributed by atoms with van der Waals surface area (Å²) in [5.74, 6) is 1.80. The number of rotatable bonds is 4. The molecule has 1 aromatic carbocycles. The summed E-state index contributed by atoms with van der Waals surface area (Å²) < 4.78 is 0. The SMILES string of the molecule is Cc1ccc(C(C)NCC2CCCC2C)cc1. The fourth-order valence-electron chi connectivity index (χ4n) is 2.83. The van der Waals surface area contributed by atoms with Crippen molar-refractivity contribution in [1.82, 2.24) is 5.32 Å². The first-order valence-electron chi connectivity index (χ1n) is 6.97.